The Balaban J connectivity index is 0.00000180. The van der Waals surface area contributed by atoms with Crippen molar-refractivity contribution in [2.75, 3.05) is 26.7 Å². The van der Waals surface area contributed by atoms with Gasteiger partial charge < -0.3 is 10.1 Å². The number of methoxy groups -OCH3 is 1. The van der Waals surface area contributed by atoms with Crippen molar-refractivity contribution in [1.82, 2.24) is 9.62 Å². The van der Waals surface area contributed by atoms with Crippen LogP contribution in [0.5, 0.6) is 5.75 Å². The molecule has 1 saturated heterocycles. The highest BCUT2D eigenvalue weighted by atomic mass is 35.5. The quantitative estimate of drug-likeness (QED) is 0.908. The predicted molar refractivity (Wildman–Crippen MR) is 76.5 cm³/mol. The molecule has 1 N–H and O–H groups in total. The van der Waals surface area contributed by atoms with E-state index in [1.807, 2.05) is 6.92 Å². The fourth-order valence-electron chi connectivity index (χ4n) is 2.14. The van der Waals surface area contributed by atoms with Crippen molar-refractivity contribution in [1.29, 1.82) is 0 Å². The van der Waals surface area contributed by atoms with Gasteiger partial charge in [-0.15, -0.1) is 12.4 Å². The summed E-state index contributed by atoms with van der Waals surface area (Å²) in [4.78, 5) is 0.237. The van der Waals surface area contributed by atoms with Crippen molar-refractivity contribution in [2.45, 2.75) is 17.9 Å². The highest BCUT2D eigenvalue weighted by Gasteiger charge is 2.32. The molecule has 1 aliphatic heterocycles. The molecule has 0 saturated carbocycles. The Morgan fingerprint density at radius 3 is 2.68 bits per heavy atom. The van der Waals surface area contributed by atoms with E-state index in [9.17, 15) is 8.42 Å². The van der Waals surface area contributed by atoms with E-state index in [0.717, 1.165) is 0 Å². The molecule has 0 bridgehead atoms. The Bertz CT molecular complexity index is 521. The van der Waals surface area contributed by atoms with Gasteiger partial charge in [-0.05, 0) is 19.1 Å². The smallest absolute Gasteiger partial charge is 0.247 e. The number of sulfonamides is 1. The summed E-state index contributed by atoms with van der Waals surface area (Å²) in [6.45, 7) is 3.74. The Morgan fingerprint density at radius 2 is 2.05 bits per heavy atom. The van der Waals surface area contributed by atoms with Gasteiger partial charge in [0.2, 0.25) is 10.0 Å². The zero-order chi connectivity index (χ0) is 13.2. The van der Waals surface area contributed by atoms with Crippen LogP contribution < -0.4 is 10.1 Å². The zero-order valence-corrected chi connectivity index (χ0v) is 12.6. The van der Waals surface area contributed by atoms with E-state index in [1.54, 1.807) is 24.3 Å². The molecule has 1 fully saturated rings. The summed E-state index contributed by atoms with van der Waals surface area (Å²) in [6, 6.07) is 6.68. The number of hydrogen-bond acceptors (Lipinski definition) is 4. The van der Waals surface area contributed by atoms with E-state index < -0.39 is 10.0 Å². The monoisotopic (exact) mass is 306 g/mol. The SMILES string of the molecule is COc1ccccc1S(=O)(=O)N1CCNC[C@@H]1C.Cl. The Morgan fingerprint density at radius 1 is 1.37 bits per heavy atom. The van der Waals surface area contributed by atoms with Gasteiger partial charge in [0.05, 0.1) is 7.11 Å². The van der Waals surface area contributed by atoms with Gasteiger partial charge in [0.25, 0.3) is 0 Å². The third-order valence-electron chi connectivity index (χ3n) is 3.10. The maximum absolute atomic E-state index is 12.6. The summed E-state index contributed by atoms with van der Waals surface area (Å²) in [6.07, 6.45) is 0. The average Bonchev–Trinajstić information content (AvgIpc) is 2.39. The molecule has 1 aliphatic rings. The summed E-state index contributed by atoms with van der Waals surface area (Å²) >= 11 is 0. The van der Waals surface area contributed by atoms with Crippen LogP contribution in [-0.4, -0.2) is 45.5 Å². The second kappa shape index (κ2) is 6.56. The highest BCUT2D eigenvalue weighted by Crippen LogP contribution is 2.27. The Hall–Kier alpha value is -0.820. The first-order valence-electron chi connectivity index (χ1n) is 5.93. The minimum atomic E-state index is -3.49. The zero-order valence-electron chi connectivity index (χ0n) is 11.0. The maximum atomic E-state index is 12.6. The number of ether oxygens (including phenoxy) is 1. The lowest BCUT2D eigenvalue weighted by Crippen LogP contribution is -2.52. The van der Waals surface area contributed by atoms with Gasteiger partial charge in [-0.25, -0.2) is 8.42 Å². The molecule has 0 amide bonds. The average molecular weight is 307 g/mol. The number of benzene rings is 1. The van der Waals surface area contributed by atoms with Crippen molar-refractivity contribution in [2.24, 2.45) is 0 Å². The molecule has 1 aromatic rings. The lowest BCUT2D eigenvalue weighted by Gasteiger charge is -2.33. The highest BCUT2D eigenvalue weighted by molar-refractivity contribution is 7.89. The van der Waals surface area contributed by atoms with Gasteiger partial charge in [0.1, 0.15) is 10.6 Å². The van der Waals surface area contributed by atoms with E-state index in [0.29, 0.717) is 25.4 Å². The first-order valence-corrected chi connectivity index (χ1v) is 7.37. The van der Waals surface area contributed by atoms with Gasteiger partial charge in [0, 0.05) is 25.7 Å². The Labute approximate surface area is 120 Å². The van der Waals surface area contributed by atoms with Crippen LogP contribution in [0.25, 0.3) is 0 Å². The molecule has 5 nitrogen and oxygen atoms in total. The van der Waals surface area contributed by atoms with E-state index in [4.69, 9.17) is 4.74 Å². The van der Waals surface area contributed by atoms with Crippen LogP contribution in [0, 0.1) is 0 Å². The molecule has 7 heteroatoms. The summed E-state index contributed by atoms with van der Waals surface area (Å²) < 4.78 is 31.9. The number of piperazine rings is 1. The molecular formula is C12H19ClN2O3S. The first kappa shape index (κ1) is 16.2. The van der Waals surface area contributed by atoms with Gasteiger partial charge in [-0.1, -0.05) is 12.1 Å². The van der Waals surface area contributed by atoms with Gasteiger partial charge >= 0.3 is 0 Å². The maximum Gasteiger partial charge on any atom is 0.247 e. The van der Waals surface area contributed by atoms with E-state index in [1.165, 1.54) is 11.4 Å². The summed E-state index contributed by atoms with van der Waals surface area (Å²) in [7, 11) is -2.00. The van der Waals surface area contributed by atoms with Gasteiger partial charge in [-0.2, -0.15) is 4.31 Å². The van der Waals surface area contributed by atoms with Crippen LogP contribution in [0.3, 0.4) is 0 Å². The number of nitrogens with zero attached hydrogens (tertiary/aromatic N) is 1. The Kier molecular flexibility index (Phi) is 5.61. The molecule has 19 heavy (non-hydrogen) atoms. The number of para-hydroxylation sites is 1. The van der Waals surface area contributed by atoms with Crippen molar-refractivity contribution >= 4 is 22.4 Å². The largest absolute Gasteiger partial charge is 0.495 e. The van der Waals surface area contributed by atoms with Gasteiger partial charge in [0.15, 0.2) is 0 Å². The molecule has 0 spiro atoms. The standard InChI is InChI=1S/C12H18N2O3S.ClH/c1-10-9-13-7-8-14(10)18(15,16)12-6-4-3-5-11(12)17-2;/h3-6,10,13H,7-9H2,1-2H3;1H/t10-;/m0./s1. The summed E-state index contributed by atoms with van der Waals surface area (Å²) in [5.41, 5.74) is 0. The molecule has 2 rings (SSSR count). The van der Waals surface area contributed by atoms with Gasteiger partial charge in [-0.3, -0.25) is 0 Å². The third-order valence-corrected chi connectivity index (χ3v) is 5.15. The summed E-state index contributed by atoms with van der Waals surface area (Å²) in [5.74, 6) is 0.392. The van der Waals surface area contributed by atoms with Crippen LogP contribution in [0.4, 0.5) is 0 Å². The topological polar surface area (TPSA) is 58.6 Å². The lowest BCUT2D eigenvalue weighted by atomic mass is 10.3. The normalized spacial score (nSPS) is 20.6. The molecule has 0 aromatic heterocycles. The summed E-state index contributed by atoms with van der Waals surface area (Å²) in [5, 5.41) is 3.18. The molecule has 1 heterocycles. The predicted octanol–water partition coefficient (Wildman–Crippen LogP) is 1.10. The number of halogens is 1. The molecule has 1 aromatic carbocycles. The van der Waals surface area contributed by atoms with E-state index in [-0.39, 0.29) is 23.3 Å². The fourth-order valence-corrected chi connectivity index (χ4v) is 3.93. The first-order chi connectivity index (χ1) is 8.57. The van der Waals surface area contributed by atoms with Crippen molar-refractivity contribution in [3.63, 3.8) is 0 Å². The number of rotatable bonds is 3. The molecule has 0 aliphatic carbocycles. The van der Waals surface area contributed by atoms with Crippen molar-refractivity contribution < 1.29 is 13.2 Å². The molecule has 0 unspecified atom stereocenters. The van der Waals surface area contributed by atoms with Crippen LogP contribution in [0.2, 0.25) is 0 Å². The van der Waals surface area contributed by atoms with Crippen LogP contribution in [-0.2, 0) is 10.0 Å². The molecule has 1 atom stereocenters. The number of nitrogens with one attached hydrogen (secondary N) is 1. The van der Waals surface area contributed by atoms with Crippen molar-refractivity contribution in [3.05, 3.63) is 24.3 Å². The lowest BCUT2D eigenvalue weighted by molar-refractivity contribution is 0.282. The van der Waals surface area contributed by atoms with Crippen molar-refractivity contribution in [3.8, 4) is 5.75 Å². The number of hydrogen-bond donors (Lipinski definition) is 1. The van der Waals surface area contributed by atoms with E-state index >= 15 is 0 Å². The molecular weight excluding hydrogens is 288 g/mol. The van der Waals surface area contributed by atoms with Crippen LogP contribution in [0.1, 0.15) is 6.92 Å². The minimum absolute atomic E-state index is 0. The molecule has 0 radical (unpaired) electrons. The van der Waals surface area contributed by atoms with Crippen LogP contribution >= 0.6 is 12.4 Å². The fraction of sp³-hybridized carbons (Fsp3) is 0.500. The second-order valence-corrected chi connectivity index (χ2v) is 6.18. The van der Waals surface area contributed by atoms with E-state index in [2.05, 4.69) is 5.32 Å². The molecule has 108 valence electrons. The third kappa shape index (κ3) is 3.20. The van der Waals surface area contributed by atoms with Crippen LogP contribution in [0.15, 0.2) is 29.2 Å². The minimum Gasteiger partial charge on any atom is -0.495 e. The second-order valence-electron chi connectivity index (χ2n) is 4.32.